The molecular formula is C11H17NO2S. The lowest BCUT2D eigenvalue weighted by Gasteiger charge is -2.19. The van der Waals surface area contributed by atoms with Gasteiger partial charge in [-0.3, -0.25) is 8.86 Å². The molecule has 1 atom stereocenters. The Hall–Kier alpha value is -0.870. The summed E-state index contributed by atoms with van der Waals surface area (Å²) in [5, 5.41) is 0. The maximum Gasteiger partial charge on any atom is 0.261 e. The van der Waals surface area contributed by atoms with Crippen LogP contribution in [-0.2, 0) is 11.3 Å². The fourth-order valence-electron chi connectivity index (χ4n) is 1.40. The van der Waals surface area contributed by atoms with E-state index in [2.05, 4.69) is 6.92 Å². The Kier molecular flexibility index (Phi) is 5.36. The number of hydrogen-bond donors (Lipinski definition) is 1. The zero-order valence-corrected chi connectivity index (χ0v) is 9.74. The molecule has 0 aliphatic heterocycles. The molecule has 1 aromatic rings. The molecule has 0 aliphatic carbocycles. The Bertz CT molecular complexity index is 303. The van der Waals surface area contributed by atoms with Crippen LogP contribution < -0.4 is 4.31 Å². The zero-order valence-electron chi connectivity index (χ0n) is 8.93. The average Bonchev–Trinajstić information content (AvgIpc) is 2.25. The fraction of sp³-hybridized carbons (Fsp3) is 0.455. The second-order valence-electron chi connectivity index (χ2n) is 3.38. The molecule has 84 valence electrons. The van der Waals surface area contributed by atoms with Gasteiger partial charge in [-0.2, -0.15) is 0 Å². The second kappa shape index (κ2) is 6.58. The van der Waals surface area contributed by atoms with Crippen molar-refractivity contribution in [3.63, 3.8) is 0 Å². The molecule has 4 heteroatoms. The lowest BCUT2D eigenvalue weighted by atomic mass is 10.2. The number of anilines is 1. The van der Waals surface area contributed by atoms with E-state index in [0.29, 0.717) is 6.54 Å². The van der Waals surface area contributed by atoms with Crippen molar-refractivity contribution in [2.45, 2.75) is 26.2 Å². The van der Waals surface area contributed by atoms with E-state index in [4.69, 9.17) is 4.55 Å². The van der Waals surface area contributed by atoms with Crippen LogP contribution in [0.3, 0.4) is 0 Å². The number of nitrogens with zero attached hydrogens (tertiary/aromatic N) is 1. The van der Waals surface area contributed by atoms with Crippen LogP contribution in [0.5, 0.6) is 0 Å². The number of benzene rings is 1. The van der Waals surface area contributed by atoms with E-state index in [1.165, 1.54) is 4.31 Å². The number of rotatable bonds is 6. The van der Waals surface area contributed by atoms with Crippen LogP contribution in [0.25, 0.3) is 0 Å². The van der Waals surface area contributed by atoms with Crippen molar-refractivity contribution in [2.24, 2.45) is 0 Å². The molecule has 1 aromatic carbocycles. The van der Waals surface area contributed by atoms with Crippen LogP contribution in [0.15, 0.2) is 30.3 Å². The average molecular weight is 227 g/mol. The molecule has 0 saturated carbocycles. The van der Waals surface area contributed by atoms with Crippen LogP contribution in [0.2, 0.25) is 0 Å². The molecule has 0 bridgehead atoms. The summed E-state index contributed by atoms with van der Waals surface area (Å²) in [7, 11) is 0. The minimum absolute atomic E-state index is 0.626. The van der Waals surface area contributed by atoms with Crippen LogP contribution in [-0.4, -0.2) is 15.3 Å². The summed E-state index contributed by atoms with van der Waals surface area (Å²) in [4.78, 5) is 0. The highest BCUT2D eigenvalue weighted by Gasteiger charge is 2.10. The molecule has 0 spiro atoms. The highest BCUT2D eigenvalue weighted by Crippen LogP contribution is 2.15. The lowest BCUT2D eigenvalue weighted by Crippen LogP contribution is -2.26. The number of para-hydroxylation sites is 1. The molecule has 0 radical (unpaired) electrons. The van der Waals surface area contributed by atoms with Gasteiger partial charge in [-0.15, -0.1) is 0 Å². The summed E-state index contributed by atoms with van der Waals surface area (Å²) >= 11 is -1.92. The lowest BCUT2D eigenvalue weighted by molar-refractivity contribution is 0.556. The van der Waals surface area contributed by atoms with E-state index in [1.54, 1.807) is 0 Å². The monoisotopic (exact) mass is 227 g/mol. The summed E-state index contributed by atoms with van der Waals surface area (Å²) in [5.74, 6) is 0. The molecular weight excluding hydrogens is 210 g/mol. The Morgan fingerprint density at radius 1 is 1.27 bits per heavy atom. The van der Waals surface area contributed by atoms with E-state index in [-0.39, 0.29) is 0 Å². The number of hydrogen-bond acceptors (Lipinski definition) is 1. The van der Waals surface area contributed by atoms with Crippen molar-refractivity contribution in [1.29, 1.82) is 0 Å². The zero-order chi connectivity index (χ0) is 11.1. The van der Waals surface area contributed by atoms with Crippen molar-refractivity contribution in [3.05, 3.63) is 30.3 Å². The molecule has 1 unspecified atom stereocenters. The van der Waals surface area contributed by atoms with Gasteiger partial charge in [0.25, 0.3) is 11.3 Å². The Balaban J connectivity index is 2.62. The van der Waals surface area contributed by atoms with Gasteiger partial charge in [0, 0.05) is 6.54 Å². The summed E-state index contributed by atoms with van der Waals surface area (Å²) in [6.45, 7) is 2.74. The third kappa shape index (κ3) is 4.01. The molecule has 15 heavy (non-hydrogen) atoms. The third-order valence-electron chi connectivity index (χ3n) is 2.20. The fourth-order valence-corrected chi connectivity index (χ4v) is 1.98. The minimum atomic E-state index is -1.92. The molecule has 0 saturated heterocycles. The number of unbranched alkanes of at least 4 members (excludes halogenated alkanes) is 2. The van der Waals surface area contributed by atoms with Crippen LogP contribution in [0.4, 0.5) is 5.69 Å². The maximum absolute atomic E-state index is 11.1. The van der Waals surface area contributed by atoms with Gasteiger partial charge in [-0.25, -0.2) is 4.21 Å². The first kappa shape index (κ1) is 12.2. The maximum atomic E-state index is 11.1. The summed E-state index contributed by atoms with van der Waals surface area (Å²) in [6, 6.07) is 9.33. The molecule has 1 rings (SSSR count). The quantitative estimate of drug-likeness (QED) is 0.599. The molecule has 0 amide bonds. The topological polar surface area (TPSA) is 40.5 Å². The molecule has 0 heterocycles. The first-order valence-electron chi connectivity index (χ1n) is 5.19. The minimum Gasteiger partial charge on any atom is -0.289 e. The highest BCUT2D eigenvalue weighted by molar-refractivity contribution is 7.80. The van der Waals surface area contributed by atoms with Crippen LogP contribution >= 0.6 is 0 Å². The predicted octanol–water partition coefficient (Wildman–Crippen LogP) is 2.82. The van der Waals surface area contributed by atoms with Crippen molar-refractivity contribution in [2.75, 3.05) is 10.8 Å². The normalized spacial score (nSPS) is 12.4. The van der Waals surface area contributed by atoms with Crippen molar-refractivity contribution >= 4 is 17.0 Å². The van der Waals surface area contributed by atoms with Crippen molar-refractivity contribution in [3.8, 4) is 0 Å². The Labute approximate surface area is 93.5 Å². The first-order valence-corrected chi connectivity index (χ1v) is 6.25. The standard InChI is InChI=1S/C11H17NO2S/c1-2-3-7-10-12(15(13)14)11-8-5-4-6-9-11/h4-6,8-9H,2-3,7,10H2,1H3,(H,13,14). The first-order chi connectivity index (χ1) is 7.25. The van der Waals surface area contributed by atoms with Gasteiger partial charge >= 0.3 is 0 Å². The van der Waals surface area contributed by atoms with Crippen molar-refractivity contribution in [1.82, 2.24) is 0 Å². The van der Waals surface area contributed by atoms with Gasteiger partial charge in [-0.1, -0.05) is 38.0 Å². The van der Waals surface area contributed by atoms with E-state index < -0.39 is 11.3 Å². The molecule has 1 N–H and O–H groups in total. The van der Waals surface area contributed by atoms with Gasteiger partial charge in [0.2, 0.25) is 0 Å². The SMILES string of the molecule is CCCCCN(c1ccccc1)S(=O)O. The van der Waals surface area contributed by atoms with Gasteiger partial charge < -0.3 is 0 Å². The van der Waals surface area contributed by atoms with Gasteiger partial charge in [0.1, 0.15) is 0 Å². The third-order valence-corrected chi connectivity index (χ3v) is 2.97. The smallest absolute Gasteiger partial charge is 0.261 e. The molecule has 3 nitrogen and oxygen atoms in total. The largest absolute Gasteiger partial charge is 0.289 e. The molecule has 0 aliphatic rings. The highest BCUT2D eigenvalue weighted by atomic mass is 32.2. The van der Waals surface area contributed by atoms with Crippen LogP contribution in [0.1, 0.15) is 26.2 Å². The van der Waals surface area contributed by atoms with Gasteiger partial charge in [0.05, 0.1) is 5.69 Å². The van der Waals surface area contributed by atoms with Gasteiger partial charge in [0.15, 0.2) is 0 Å². The van der Waals surface area contributed by atoms with Crippen LogP contribution in [0, 0.1) is 0 Å². The Morgan fingerprint density at radius 2 is 1.93 bits per heavy atom. The van der Waals surface area contributed by atoms with E-state index in [9.17, 15) is 4.21 Å². The summed E-state index contributed by atoms with van der Waals surface area (Å²) in [5.41, 5.74) is 0.800. The predicted molar refractivity (Wildman–Crippen MR) is 64.1 cm³/mol. The van der Waals surface area contributed by atoms with Gasteiger partial charge in [-0.05, 0) is 18.6 Å². The van der Waals surface area contributed by atoms with E-state index in [1.807, 2.05) is 30.3 Å². The second-order valence-corrected chi connectivity index (χ2v) is 4.28. The molecule has 0 fully saturated rings. The Morgan fingerprint density at radius 3 is 2.47 bits per heavy atom. The molecule has 0 aromatic heterocycles. The summed E-state index contributed by atoms with van der Waals surface area (Å²) < 4.78 is 21.8. The summed E-state index contributed by atoms with van der Waals surface area (Å²) in [6.07, 6.45) is 3.14. The van der Waals surface area contributed by atoms with Crippen molar-refractivity contribution < 1.29 is 8.76 Å². The van der Waals surface area contributed by atoms with E-state index in [0.717, 1.165) is 24.9 Å². The van der Waals surface area contributed by atoms with E-state index >= 15 is 0 Å².